The summed E-state index contributed by atoms with van der Waals surface area (Å²) in [5, 5.41) is 0. The molecular weight excluding hydrogens is 372 g/mol. The number of amides is 1. The number of benzene rings is 2. The van der Waals surface area contributed by atoms with Crippen molar-refractivity contribution >= 4 is 18.3 Å². The van der Waals surface area contributed by atoms with Crippen molar-refractivity contribution in [3.05, 3.63) is 71.0 Å². The molecule has 0 aliphatic carbocycles. The second-order valence-corrected chi connectivity index (χ2v) is 5.55. The number of carbonyl (C=O) groups excluding carboxylic acids is 1. The van der Waals surface area contributed by atoms with Crippen LogP contribution in [0.25, 0.3) is 0 Å². The number of alkyl halides is 3. The molecule has 2 N–H and O–H groups in total. The highest BCUT2D eigenvalue weighted by atomic mass is 35.5. The van der Waals surface area contributed by atoms with Gasteiger partial charge in [-0.3, -0.25) is 4.79 Å². The Bertz CT molecular complexity index is 723. The second kappa shape index (κ2) is 9.54. The first-order valence-electron chi connectivity index (χ1n) is 7.73. The highest BCUT2D eigenvalue weighted by molar-refractivity contribution is 5.94. The predicted molar refractivity (Wildman–Crippen MR) is 93.5 cm³/mol. The first-order valence-corrected chi connectivity index (χ1v) is 7.73. The van der Waals surface area contributed by atoms with Crippen molar-refractivity contribution in [1.29, 1.82) is 0 Å². The molecule has 0 atom stereocenters. The molecule has 2 aromatic rings. The highest BCUT2D eigenvalue weighted by Crippen LogP contribution is 2.32. The summed E-state index contributed by atoms with van der Waals surface area (Å²) in [5.41, 5.74) is 4.66. The maximum Gasteiger partial charge on any atom is 0.419 e. The summed E-state index contributed by atoms with van der Waals surface area (Å²) in [5.74, 6) is -2.00. The van der Waals surface area contributed by atoms with Crippen LogP contribution >= 0.6 is 12.4 Å². The van der Waals surface area contributed by atoms with Gasteiger partial charge in [-0.2, -0.15) is 13.2 Å². The maximum atomic E-state index is 13.4. The molecule has 0 radical (unpaired) electrons. The van der Waals surface area contributed by atoms with E-state index in [4.69, 9.17) is 5.73 Å². The Balaban J connectivity index is 0.00000338. The van der Waals surface area contributed by atoms with E-state index in [-0.39, 0.29) is 24.5 Å². The number of rotatable bonds is 6. The molecule has 0 saturated carbocycles. The van der Waals surface area contributed by atoms with Crippen molar-refractivity contribution in [2.75, 3.05) is 13.1 Å². The van der Waals surface area contributed by atoms with Gasteiger partial charge in [0.1, 0.15) is 5.82 Å². The fourth-order valence-electron chi connectivity index (χ4n) is 2.40. The first-order chi connectivity index (χ1) is 11.8. The van der Waals surface area contributed by atoms with E-state index in [0.717, 1.165) is 11.6 Å². The van der Waals surface area contributed by atoms with E-state index in [1.807, 2.05) is 18.2 Å². The third-order valence-electron chi connectivity index (χ3n) is 3.65. The van der Waals surface area contributed by atoms with Gasteiger partial charge in [0, 0.05) is 18.7 Å². The normalized spacial score (nSPS) is 11.0. The number of nitrogens with zero attached hydrogens (tertiary/aromatic N) is 1. The van der Waals surface area contributed by atoms with Crippen LogP contribution in [-0.2, 0) is 12.7 Å². The minimum Gasteiger partial charge on any atom is -0.334 e. The molecular formula is C18H19ClF4N2O. The smallest absolute Gasteiger partial charge is 0.334 e. The molecule has 1 amide bonds. The number of nitrogens with two attached hydrogens (primary N) is 1. The minimum atomic E-state index is -4.86. The molecule has 0 spiro atoms. The van der Waals surface area contributed by atoms with Crippen LogP contribution in [0.5, 0.6) is 0 Å². The zero-order valence-corrected chi connectivity index (χ0v) is 14.6. The van der Waals surface area contributed by atoms with E-state index in [9.17, 15) is 22.4 Å². The lowest BCUT2D eigenvalue weighted by molar-refractivity contribution is -0.140. The summed E-state index contributed by atoms with van der Waals surface area (Å²) in [7, 11) is 0. The number of hydrogen-bond acceptors (Lipinski definition) is 2. The molecule has 26 heavy (non-hydrogen) atoms. The zero-order chi connectivity index (χ0) is 18.4. The van der Waals surface area contributed by atoms with E-state index in [1.54, 1.807) is 12.1 Å². The summed E-state index contributed by atoms with van der Waals surface area (Å²) in [6, 6.07) is 11.3. The lowest BCUT2D eigenvalue weighted by Gasteiger charge is -2.23. The molecule has 0 aliphatic rings. The zero-order valence-electron chi connectivity index (χ0n) is 13.8. The van der Waals surface area contributed by atoms with Crippen LogP contribution in [0.15, 0.2) is 48.5 Å². The molecule has 3 nitrogen and oxygen atoms in total. The predicted octanol–water partition coefficient (Wildman–Crippen LogP) is 4.26. The Hall–Kier alpha value is -2.12. The van der Waals surface area contributed by atoms with Crippen molar-refractivity contribution in [2.24, 2.45) is 5.73 Å². The molecule has 0 saturated heterocycles. The average molecular weight is 391 g/mol. The highest BCUT2D eigenvalue weighted by Gasteiger charge is 2.35. The SMILES string of the molecule is Cl.NCCCN(Cc1ccccc1)C(=O)c1ccc(F)c(C(F)(F)F)c1. The van der Waals surface area contributed by atoms with Crippen LogP contribution in [-0.4, -0.2) is 23.9 Å². The van der Waals surface area contributed by atoms with Gasteiger partial charge in [-0.1, -0.05) is 30.3 Å². The third kappa shape index (κ3) is 5.71. The fourth-order valence-corrected chi connectivity index (χ4v) is 2.40. The van der Waals surface area contributed by atoms with E-state index in [0.29, 0.717) is 31.6 Å². The molecule has 8 heteroatoms. The van der Waals surface area contributed by atoms with Gasteiger partial charge in [0.2, 0.25) is 0 Å². The van der Waals surface area contributed by atoms with Crippen LogP contribution in [0.2, 0.25) is 0 Å². The van der Waals surface area contributed by atoms with Gasteiger partial charge in [0.05, 0.1) is 5.56 Å². The Labute approximate surface area is 155 Å². The van der Waals surface area contributed by atoms with Crippen LogP contribution in [0.3, 0.4) is 0 Å². The summed E-state index contributed by atoms with van der Waals surface area (Å²) < 4.78 is 52.0. The van der Waals surface area contributed by atoms with Crippen LogP contribution in [0.4, 0.5) is 17.6 Å². The van der Waals surface area contributed by atoms with E-state index < -0.39 is 23.5 Å². The lowest BCUT2D eigenvalue weighted by atomic mass is 10.1. The van der Waals surface area contributed by atoms with E-state index in [1.165, 1.54) is 4.90 Å². The summed E-state index contributed by atoms with van der Waals surface area (Å²) in [4.78, 5) is 14.1. The van der Waals surface area contributed by atoms with Gasteiger partial charge in [-0.15, -0.1) is 12.4 Å². The molecule has 0 heterocycles. The Morgan fingerprint density at radius 2 is 1.73 bits per heavy atom. The molecule has 2 aromatic carbocycles. The van der Waals surface area contributed by atoms with E-state index >= 15 is 0 Å². The lowest BCUT2D eigenvalue weighted by Crippen LogP contribution is -2.32. The Morgan fingerprint density at radius 3 is 2.31 bits per heavy atom. The number of halogens is 5. The quantitative estimate of drug-likeness (QED) is 0.749. The van der Waals surface area contributed by atoms with Crippen molar-refractivity contribution < 1.29 is 22.4 Å². The first kappa shape index (κ1) is 21.9. The van der Waals surface area contributed by atoms with Gasteiger partial charge in [-0.25, -0.2) is 4.39 Å². The van der Waals surface area contributed by atoms with Crippen molar-refractivity contribution in [3.8, 4) is 0 Å². The van der Waals surface area contributed by atoms with Crippen molar-refractivity contribution in [1.82, 2.24) is 4.90 Å². The Morgan fingerprint density at radius 1 is 1.08 bits per heavy atom. The Kier molecular flexibility index (Phi) is 8.05. The van der Waals surface area contributed by atoms with Crippen LogP contribution in [0.1, 0.15) is 27.9 Å². The van der Waals surface area contributed by atoms with E-state index in [2.05, 4.69) is 0 Å². The second-order valence-electron chi connectivity index (χ2n) is 5.55. The van der Waals surface area contributed by atoms with Gasteiger partial charge in [-0.05, 0) is 36.7 Å². The van der Waals surface area contributed by atoms with Gasteiger partial charge in [0.15, 0.2) is 0 Å². The molecule has 2 rings (SSSR count). The van der Waals surface area contributed by atoms with Gasteiger partial charge >= 0.3 is 6.18 Å². The molecule has 0 aliphatic heterocycles. The monoisotopic (exact) mass is 390 g/mol. The van der Waals surface area contributed by atoms with Crippen molar-refractivity contribution in [3.63, 3.8) is 0 Å². The van der Waals surface area contributed by atoms with Gasteiger partial charge in [0.25, 0.3) is 5.91 Å². The van der Waals surface area contributed by atoms with Gasteiger partial charge < -0.3 is 10.6 Å². The molecule has 0 unspecified atom stereocenters. The van der Waals surface area contributed by atoms with Crippen LogP contribution < -0.4 is 5.73 Å². The topological polar surface area (TPSA) is 46.3 Å². The largest absolute Gasteiger partial charge is 0.419 e. The molecule has 142 valence electrons. The fraction of sp³-hybridized carbons (Fsp3) is 0.278. The number of hydrogen-bond donors (Lipinski definition) is 1. The summed E-state index contributed by atoms with van der Waals surface area (Å²) >= 11 is 0. The molecule has 0 bridgehead atoms. The third-order valence-corrected chi connectivity index (χ3v) is 3.65. The minimum absolute atomic E-state index is 0. The molecule has 0 fully saturated rings. The maximum absolute atomic E-state index is 13.4. The number of carbonyl (C=O) groups is 1. The average Bonchev–Trinajstić information content (AvgIpc) is 2.58. The summed E-state index contributed by atoms with van der Waals surface area (Å²) in [6.07, 6.45) is -4.35. The standard InChI is InChI=1S/C18H18F4N2O.ClH/c19-16-8-7-14(11-15(16)18(20,21)22)17(25)24(10-4-9-23)12-13-5-2-1-3-6-13;/h1-3,5-8,11H,4,9-10,12,23H2;1H. The van der Waals surface area contributed by atoms with Crippen molar-refractivity contribution in [2.45, 2.75) is 19.1 Å². The van der Waals surface area contributed by atoms with Crippen LogP contribution in [0, 0.1) is 5.82 Å². The molecule has 0 aromatic heterocycles. The summed E-state index contributed by atoms with van der Waals surface area (Å²) in [6.45, 7) is 0.872.